The molecule has 27 heavy (non-hydrogen) atoms. The molecule has 0 N–H and O–H groups in total. The molecule has 0 aromatic carbocycles. The van der Waals surface area contributed by atoms with E-state index in [1.165, 1.54) is 23.4 Å². The monoisotopic (exact) mass is 393 g/mol. The molecule has 1 aliphatic heterocycles. The fourth-order valence-electron chi connectivity index (χ4n) is 3.44. The maximum atomic E-state index is 12.6. The van der Waals surface area contributed by atoms with E-state index in [1.807, 2.05) is 16.4 Å². The number of rotatable bonds is 5. The maximum absolute atomic E-state index is 12.6. The summed E-state index contributed by atoms with van der Waals surface area (Å²) in [6.45, 7) is 6.46. The Kier molecular flexibility index (Phi) is 5.78. The van der Waals surface area contributed by atoms with Crippen molar-refractivity contribution in [3.8, 4) is 0 Å². The van der Waals surface area contributed by atoms with E-state index in [-0.39, 0.29) is 17.2 Å². The summed E-state index contributed by atoms with van der Waals surface area (Å²) in [6, 6.07) is 0. The van der Waals surface area contributed by atoms with Crippen LogP contribution in [0.4, 0.5) is 0 Å². The normalized spacial score (nSPS) is 15.6. The molecule has 2 aromatic heterocycles. The summed E-state index contributed by atoms with van der Waals surface area (Å²) in [5.74, 6) is 1.06. The fraction of sp³-hybridized carbons (Fsp3) is 0.667. The third kappa shape index (κ3) is 3.69. The lowest BCUT2D eigenvalue weighted by Crippen LogP contribution is -2.39. The molecule has 0 spiro atoms. The second-order valence-electron chi connectivity index (χ2n) is 7.28. The predicted molar refractivity (Wildman–Crippen MR) is 106 cm³/mol. The molecule has 1 aliphatic rings. The van der Waals surface area contributed by atoms with Crippen molar-refractivity contribution in [3.63, 3.8) is 0 Å². The van der Waals surface area contributed by atoms with Crippen LogP contribution < -0.4 is 11.2 Å². The number of hydrogen-bond donors (Lipinski definition) is 0. The van der Waals surface area contributed by atoms with E-state index < -0.39 is 5.69 Å². The second kappa shape index (κ2) is 7.92. The lowest BCUT2D eigenvalue weighted by atomic mass is 9.99. The van der Waals surface area contributed by atoms with Crippen molar-refractivity contribution in [2.75, 3.05) is 18.8 Å². The van der Waals surface area contributed by atoms with Gasteiger partial charge in [0.25, 0.3) is 5.56 Å². The van der Waals surface area contributed by atoms with Gasteiger partial charge in [0.05, 0.1) is 5.75 Å². The minimum Gasteiger partial charge on any atom is -0.342 e. The van der Waals surface area contributed by atoms with E-state index in [4.69, 9.17) is 0 Å². The van der Waals surface area contributed by atoms with Crippen LogP contribution in [0.1, 0.15) is 33.1 Å². The van der Waals surface area contributed by atoms with Gasteiger partial charge in [-0.2, -0.15) is 0 Å². The van der Waals surface area contributed by atoms with Gasteiger partial charge in [0.1, 0.15) is 0 Å². The first-order chi connectivity index (χ1) is 12.8. The molecule has 1 saturated heterocycles. The summed E-state index contributed by atoms with van der Waals surface area (Å²) in [6.07, 6.45) is 2.91. The highest BCUT2D eigenvalue weighted by molar-refractivity contribution is 7.99. The molecule has 0 aliphatic carbocycles. The molecule has 0 unspecified atom stereocenters. The van der Waals surface area contributed by atoms with Crippen molar-refractivity contribution in [1.82, 2.24) is 23.6 Å². The quantitative estimate of drug-likeness (QED) is 0.713. The average molecular weight is 394 g/mol. The molecule has 0 radical (unpaired) electrons. The van der Waals surface area contributed by atoms with E-state index in [1.54, 1.807) is 7.05 Å². The largest absolute Gasteiger partial charge is 0.342 e. The van der Waals surface area contributed by atoms with E-state index >= 15 is 0 Å². The van der Waals surface area contributed by atoms with Crippen LogP contribution in [0.3, 0.4) is 0 Å². The number of piperidine rings is 1. The van der Waals surface area contributed by atoms with Crippen LogP contribution in [0.5, 0.6) is 0 Å². The van der Waals surface area contributed by atoms with Gasteiger partial charge in [-0.05, 0) is 25.2 Å². The summed E-state index contributed by atoms with van der Waals surface area (Å²) >= 11 is 1.34. The highest BCUT2D eigenvalue weighted by Gasteiger charge is 2.23. The average Bonchev–Trinajstić information content (AvgIpc) is 3.02. The van der Waals surface area contributed by atoms with Crippen LogP contribution in [0.25, 0.3) is 11.2 Å². The first-order valence-corrected chi connectivity index (χ1v) is 10.4. The van der Waals surface area contributed by atoms with Crippen LogP contribution >= 0.6 is 11.8 Å². The highest BCUT2D eigenvalue weighted by atomic mass is 32.2. The standard InChI is InChI=1S/C18H27N5O3S/c1-5-8-23-14-15(20(3)18(26)21(4)16(14)25)19-17(23)27-11-13(24)22-9-6-12(2)7-10-22/h12H,5-11H2,1-4H3. The van der Waals surface area contributed by atoms with Crippen LogP contribution in [-0.4, -0.2) is 48.3 Å². The number of likely N-dealkylation sites (tertiary alicyclic amines) is 1. The van der Waals surface area contributed by atoms with E-state index in [0.717, 1.165) is 36.9 Å². The fourth-order valence-corrected chi connectivity index (χ4v) is 4.37. The number of aromatic nitrogens is 4. The zero-order valence-corrected chi connectivity index (χ0v) is 17.2. The second-order valence-corrected chi connectivity index (χ2v) is 8.22. The van der Waals surface area contributed by atoms with Crippen molar-refractivity contribution in [2.24, 2.45) is 20.0 Å². The Balaban J connectivity index is 1.90. The molecule has 148 valence electrons. The van der Waals surface area contributed by atoms with Crippen molar-refractivity contribution in [2.45, 2.75) is 44.8 Å². The molecule has 0 bridgehead atoms. The summed E-state index contributed by atoms with van der Waals surface area (Å²) in [5.41, 5.74) is 0.0439. The Hall–Kier alpha value is -2.03. The number of amides is 1. The van der Waals surface area contributed by atoms with Gasteiger partial charge in [-0.25, -0.2) is 9.78 Å². The van der Waals surface area contributed by atoms with Gasteiger partial charge in [-0.3, -0.25) is 18.7 Å². The van der Waals surface area contributed by atoms with E-state index in [2.05, 4.69) is 11.9 Å². The molecule has 2 aromatic rings. The van der Waals surface area contributed by atoms with Gasteiger partial charge in [0.15, 0.2) is 16.3 Å². The SMILES string of the molecule is CCCn1c(SCC(=O)N2CCC(C)CC2)nc2c1c(=O)n(C)c(=O)n2C. The van der Waals surface area contributed by atoms with Crippen molar-refractivity contribution in [1.29, 1.82) is 0 Å². The molecule has 1 amide bonds. The minimum atomic E-state index is -0.399. The number of carbonyl (C=O) groups is 1. The Morgan fingerprint density at radius 1 is 1.19 bits per heavy atom. The van der Waals surface area contributed by atoms with Gasteiger partial charge < -0.3 is 9.47 Å². The topological polar surface area (TPSA) is 82.1 Å². The summed E-state index contributed by atoms with van der Waals surface area (Å²) < 4.78 is 4.33. The first-order valence-electron chi connectivity index (χ1n) is 9.42. The first kappa shape index (κ1) is 19.7. The molecule has 1 fully saturated rings. The Bertz CT molecular complexity index is 966. The smallest absolute Gasteiger partial charge is 0.332 e. The zero-order valence-electron chi connectivity index (χ0n) is 16.4. The molecular formula is C18H27N5O3S. The molecule has 0 atom stereocenters. The zero-order chi connectivity index (χ0) is 19.7. The number of imidazole rings is 1. The number of aryl methyl sites for hydroxylation is 2. The van der Waals surface area contributed by atoms with Crippen molar-refractivity contribution in [3.05, 3.63) is 20.8 Å². The van der Waals surface area contributed by atoms with Crippen LogP contribution in [0.15, 0.2) is 14.7 Å². The van der Waals surface area contributed by atoms with E-state index in [0.29, 0.717) is 28.8 Å². The number of carbonyl (C=O) groups excluding carboxylic acids is 1. The summed E-state index contributed by atoms with van der Waals surface area (Å²) in [5, 5.41) is 0.615. The lowest BCUT2D eigenvalue weighted by Gasteiger charge is -2.30. The van der Waals surface area contributed by atoms with Crippen molar-refractivity contribution >= 4 is 28.8 Å². The molecule has 3 heterocycles. The van der Waals surface area contributed by atoms with Crippen LogP contribution in [-0.2, 0) is 25.4 Å². The number of fused-ring (bicyclic) bond motifs is 1. The third-order valence-electron chi connectivity index (χ3n) is 5.22. The number of thioether (sulfide) groups is 1. The van der Waals surface area contributed by atoms with Gasteiger partial charge in [-0.15, -0.1) is 0 Å². The lowest BCUT2D eigenvalue weighted by molar-refractivity contribution is -0.129. The van der Waals surface area contributed by atoms with E-state index in [9.17, 15) is 14.4 Å². The van der Waals surface area contributed by atoms with Crippen LogP contribution in [0, 0.1) is 5.92 Å². The summed E-state index contributed by atoms with van der Waals surface area (Å²) in [7, 11) is 3.09. The van der Waals surface area contributed by atoms with Crippen molar-refractivity contribution < 1.29 is 4.79 Å². The molecule has 9 heteroatoms. The molecule has 3 rings (SSSR count). The minimum absolute atomic E-state index is 0.101. The Morgan fingerprint density at radius 2 is 1.85 bits per heavy atom. The molecule has 8 nitrogen and oxygen atoms in total. The Morgan fingerprint density at radius 3 is 2.48 bits per heavy atom. The maximum Gasteiger partial charge on any atom is 0.332 e. The summed E-state index contributed by atoms with van der Waals surface area (Å²) in [4.78, 5) is 43.8. The van der Waals surface area contributed by atoms with Gasteiger partial charge in [0.2, 0.25) is 5.91 Å². The van der Waals surface area contributed by atoms with Gasteiger partial charge >= 0.3 is 5.69 Å². The Labute approximate surface area is 162 Å². The molecule has 0 saturated carbocycles. The highest BCUT2D eigenvalue weighted by Crippen LogP contribution is 2.23. The number of hydrogen-bond acceptors (Lipinski definition) is 5. The molecular weight excluding hydrogens is 366 g/mol. The number of nitrogens with zero attached hydrogens (tertiary/aromatic N) is 5. The third-order valence-corrected chi connectivity index (χ3v) is 6.18. The van der Waals surface area contributed by atoms with Gasteiger partial charge in [-0.1, -0.05) is 25.6 Å². The predicted octanol–water partition coefficient (Wildman–Crippen LogP) is 1.19. The van der Waals surface area contributed by atoms with Crippen LogP contribution in [0.2, 0.25) is 0 Å². The van der Waals surface area contributed by atoms with Gasteiger partial charge in [0, 0.05) is 33.7 Å².